The topological polar surface area (TPSA) is 32.3 Å². The Hall–Kier alpha value is -0.0800. The lowest BCUT2D eigenvalue weighted by Crippen LogP contribution is -2.40. The van der Waals surface area contributed by atoms with E-state index in [1.54, 1.807) is 0 Å². The van der Waals surface area contributed by atoms with Crippen LogP contribution in [-0.4, -0.2) is 18.4 Å². The largest absolute Gasteiger partial charge is 0.378 e. The summed E-state index contributed by atoms with van der Waals surface area (Å²) < 4.78 is 0. The van der Waals surface area contributed by atoms with E-state index in [0.29, 0.717) is 5.92 Å². The van der Waals surface area contributed by atoms with Crippen molar-refractivity contribution < 1.29 is 5.11 Å². The minimum Gasteiger partial charge on any atom is -0.378 e. The Labute approximate surface area is 62.6 Å². The van der Waals surface area contributed by atoms with E-state index in [-0.39, 0.29) is 6.23 Å². The first-order valence-electron chi connectivity index (χ1n) is 4.13. The zero-order valence-corrected chi connectivity index (χ0v) is 6.80. The van der Waals surface area contributed by atoms with Crippen molar-refractivity contribution >= 4 is 0 Å². The second kappa shape index (κ2) is 3.35. The number of rotatable bonds is 3. The molecule has 0 aliphatic heterocycles. The van der Waals surface area contributed by atoms with E-state index in [4.69, 9.17) is 0 Å². The fraction of sp³-hybridized carbons (Fsp3) is 1.00. The molecular formula is C8H17NO. The van der Waals surface area contributed by atoms with Crippen LogP contribution in [-0.2, 0) is 0 Å². The van der Waals surface area contributed by atoms with Crippen molar-refractivity contribution in [3.63, 3.8) is 0 Å². The van der Waals surface area contributed by atoms with Gasteiger partial charge in [0, 0.05) is 0 Å². The zero-order chi connectivity index (χ0) is 7.56. The van der Waals surface area contributed by atoms with E-state index in [1.807, 2.05) is 7.05 Å². The van der Waals surface area contributed by atoms with E-state index in [0.717, 1.165) is 5.92 Å². The Kier molecular flexibility index (Phi) is 2.69. The van der Waals surface area contributed by atoms with Crippen LogP contribution in [0, 0.1) is 11.8 Å². The van der Waals surface area contributed by atoms with Gasteiger partial charge in [0.25, 0.3) is 0 Å². The highest BCUT2D eigenvalue weighted by atomic mass is 16.3. The third-order valence-corrected chi connectivity index (χ3v) is 2.59. The maximum absolute atomic E-state index is 9.28. The zero-order valence-electron chi connectivity index (χ0n) is 6.80. The minimum absolute atomic E-state index is 0.261. The molecule has 1 saturated carbocycles. The lowest BCUT2D eigenvalue weighted by molar-refractivity contribution is 0.00927. The molecular weight excluding hydrogens is 126 g/mol. The summed E-state index contributed by atoms with van der Waals surface area (Å²) in [5.41, 5.74) is 0. The second-order valence-corrected chi connectivity index (χ2v) is 3.24. The van der Waals surface area contributed by atoms with Gasteiger partial charge in [0.1, 0.15) is 6.23 Å². The van der Waals surface area contributed by atoms with Gasteiger partial charge in [-0.1, -0.05) is 13.3 Å². The summed E-state index contributed by atoms with van der Waals surface area (Å²) in [4.78, 5) is 0. The SMILES string of the molecule is CCC1CC(C(O)NC)C1. The second-order valence-electron chi connectivity index (χ2n) is 3.24. The van der Waals surface area contributed by atoms with Gasteiger partial charge < -0.3 is 5.11 Å². The fourth-order valence-corrected chi connectivity index (χ4v) is 1.61. The summed E-state index contributed by atoms with van der Waals surface area (Å²) in [7, 11) is 1.81. The molecule has 1 aliphatic carbocycles. The molecule has 1 unspecified atom stereocenters. The summed E-state index contributed by atoms with van der Waals surface area (Å²) in [5, 5.41) is 12.1. The van der Waals surface area contributed by atoms with Crippen molar-refractivity contribution in [1.29, 1.82) is 0 Å². The van der Waals surface area contributed by atoms with Crippen LogP contribution in [0.5, 0.6) is 0 Å². The average molecular weight is 143 g/mol. The minimum atomic E-state index is -0.261. The predicted molar refractivity (Wildman–Crippen MR) is 41.6 cm³/mol. The van der Waals surface area contributed by atoms with Crippen molar-refractivity contribution in [3.8, 4) is 0 Å². The number of hydrogen-bond acceptors (Lipinski definition) is 2. The van der Waals surface area contributed by atoms with E-state index in [1.165, 1.54) is 19.3 Å². The van der Waals surface area contributed by atoms with Gasteiger partial charge in [0.05, 0.1) is 0 Å². The van der Waals surface area contributed by atoms with Gasteiger partial charge in [-0.05, 0) is 31.7 Å². The van der Waals surface area contributed by atoms with Gasteiger partial charge in [0.2, 0.25) is 0 Å². The summed E-state index contributed by atoms with van der Waals surface area (Å²) in [5.74, 6) is 1.41. The predicted octanol–water partition coefficient (Wildman–Crippen LogP) is 0.960. The molecule has 0 aromatic carbocycles. The summed E-state index contributed by atoms with van der Waals surface area (Å²) in [6.07, 6.45) is 3.42. The van der Waals surface area contributed by atoms with Gasteiger partial charge in [-0.2, -0.15) is 0 Å². The molecule has 2 N–H and O–H groups in total. The first-order chi connectivity index (χ1) is 4.77. The fourth-order valence-electron chi connectivity index (χ4n) is 1.61. The molecule has 0 aromatic heterocycles. The van der Waals surface area contributed by atoms with Crippen LogP contribution >= 0.6 is 0 Å². The maximum Gasteiger partial charge on any atom is 0.107 e. The van der Waals surface area contributed by atoms with E-state index in [2.05, 4.69) is 12.2 Å². The van der Waals surface area contributed by atoms with Crippen LogP contribution in [0.15, 0.2) is 0 Å². The first kappa shape index (κ1) is 8.02. The summed E-state index contributed by atoms with van der Waals surface area (Å²) >= 11 is 0. The van der Waals surface area contributed by atoms with Gasteiger partial charge in [0.15, 0.2) is 0 Å². The van der Waals surface area contributed by atoms with Crippen molar-refractivity contribution in [1.82, 2.24) is 5.32 Å². The monoisotopic (exact) mass is 143 g/mol. The Morgan fingerprint density at radius 2 is 2.20 bits per heavy atom. The van der Waals surface area contributed by atoms with Gasteiger partial charge >= 0.3 is 0 Å². The number of aliphatic hydroxyl groups is 1. The Bertz CT molecular complexity index is 99.4. The average Bonchev–Trinajstić information content (AvgIpc) is 1.85. The Morgan fingerprint density at radius 3 is 2.60 bits per heavy atom. The third kappa shape index (κ3) is 1.50. The number of nitrogens with one attached hydrogen (secondary N) is 1. The van der Waals surface area contributed by atoms with Crippen LogP contribution < -0.4 is 5.32 Å². The van der Waals surface area contributed by atoms with Crippen molar-refractivity contribution in [2.45, 2.75) is 32.4 Å². The quantitative estimate of drug-likeness (QED) is 0.577. The van der Waals surface area contributed by atoms with Crippen LogP contribution in [0.4, 0.5) is 0 Å². The Morgan fingerprint density at radius 1 is 1.60 bits per heavy atom. The molecule has 0 aromatic rings. The molecule has 60 valence electrons. The van der Waals surface area contributed by atoms with Crippen LogP contribution in [0.2, 0.25) is 0 Å². The van der Waals surface area contributed by atoms with E-state index < -0.39 is 0 Å². The Balaban J connectivity index is 2.13. The molecule has 0 heterocycles. The molecule has 1 rings (SSSR count). The molecule has 1 fully saturated rings. The number of aliphatic hydroxyl groups excluding tert-OH is 1. The van der Waals surface area contributed by atoms with Crippen LogP contribution in [0.3, 0.4) is 0 Å². The van der Waals surface area contributed by atoms with Crippen molar-refractivity contribution in [3.05, 3.63) is 0 Å². The van der Waals surface area contributed by atoms with Gasteiger partial charge in [-0.3, -0.25) is 5.32 Å². The summed E-state index contributed by atoms with van der Waals surface area (Å²) in [6.45, 7) is 2.21. The lowest BCUT2D eigenvalue weighted by Gasteiger charge is -2.37. The molecule has 2 nitrogen and oxygen atoms in total. The molecule has 0 spiro atoms. The van der Waals surface area contributed by atoms with Gasteiger partial charge in [-0.15, -0.1) is 0 Å². The van der Waals surface area contributed by atoms with Crippen LogP contribution in [0.1, 0.15) is 26.2 Å². The van der Waals surface area contributed by atoms with E-state index >= 15 is 0 Å². The molecule has 10 heavy (non-hydrogen) atoms. The highest BCUT2D eigenvalue weighted by molar-refractivity contribution is 4.81. The molecule has 0 bridgehead atoms. The smallest absolute Gasteiger partial charge is 0.107 e. The summed E-state index contributed by atoms with van der Waals surface area (Å²) in [6, 6.07) is 0. The molecule has 1 aliphatic rings. The molecule has 0 saturated heterocycles. The van der Waals surface area contributed by atoms with E-state index in [9.17, 15) is 5.11 Å². The standard InChI is InChI=1S/C8H17NO/c1-3-6-4-7(5-6)8(10)9-2/h6-10H,3-5H2,1-2H3. The maximum atomic E-state index is 9.28. The highest BCUT2D eigenvalue weighted by Crippen LogP contribution is 2.37. The normalized spacial score (nSPS) is 35.1. The number of hydrogen-bond donors (Lipinski definition) is 2. The third-order valence-electron chi connectivity index (χ3n) is 2.59. The molecule has 0 radical (unpaired) electrons. The van der Waals surface area contributed by atoms with Crippen LogP contribution in [0.25, 0.3) is 0 Å². The highest BCUT2D eigenvalue weighted by Gasteiger charge is 2.31. The first-order valence-corrected chi connectivity index (χ1v) is 4.13. The molecule has 1 atom stereocenters. The van der Waals surface area contributed by atoms with Crippen molar-refractivity contribution in [2.75, 3.05) is 7.05 Å². The van der Waals surface area contributed by atoms with Crippen molar-refractivity contribution in [2.24, 2.45) is 11.8 Å². The molecule has 2 heteroatoms. The van der Waals surface area contributed by atoms with Gasteiger partial charge in [-0.25, -0.2) is 0 Å². The molecule has 0 amide bonds. The lowest BCUT2D eigenvalue weighted by atomic mass is 9.73.